The van der Waals surface area contributed by atoms with Gasteiger partial charge in [-0.05, 0) is 33.6 Å². The van der Waals surface area contributed by atoms with Gasteiger partial charge in [-0.15, -0.1) is 0 Å². The molecule has 22 heteroatoms. The molecule has 7 amide bonds. The van der Waals surface area contributed by atoms with Crippen molar-refractivity contribution in [3.63, 3.8) is 0 Å². The number of aliphatic carboxylic acids is 2. The average molecular weight is 800 g/mol. The molecule has 0 saturated carbocycles. The van der Waals surface area contributed by atoms with E-state index in [2.05, 4.69) is 37.2 Å². The van der Waals surface area contributed by atoms with Crippen LogP contribution in [0, 0.1) is 0 Å². The number of carbonyl (C=O) groups is 11. The van der Waals surface area contributed by atoms with Gasteiger partial charge in [0.15, 0.2) is 11.6 Å². The number of nitrogens with zero attached hydrogens (tertiary/aromatic N) is 2. The predicted octanol–water partition coefficient (Wildman–Crippen LogP) is -4.13. The van der Waals surface area contributed by atoms with Crippen LogP contribution in [0.3, 0.4) is 0 Å². The molecule has 0 aromatic rings. The topological polar surface area (TPSA) is 319 Å². The molecule has 0 aliphatic heterocycles. The largest absolute Gasteiger partial charge is 0.480 e. The zero-order valence-corrected chi connectivity index (χ0v) is 32.9. The Balaban J connectivity index is 5.56. The summed E-state index contributed by atoms with van der Waals surface area (Å²) in [7, 11) is 0. The molecule has 0 saturated heterocycles. The standard InChI is InChI=1S/C34H57N9O13/c1-7-10-33(5,40-14-27(49)37-13-25(47)35-9-3)23(45)19-43(21-32(55)56)30(52)17-39-28(50)15-41-34(6,11-8-2)24(46)18-42(20-31(53)54)29(51)16-38-26(48)12-36-22(4)44/h40-41H,7-21H2,1-6H3,(H,35,47)(H,36,44)(H,37,49)(H,38,48)(H,39,50)(H,53,54)(H,55,56). The number of Topliss-reactive ketones (excluding diaryl/α,β-unsaturated/α-hetero) is 2. The lowest BCUT2D eigenvalue weighted by Crippen LogP contribution is -2.58. The quantitative estimate of drug-likeness (QED) is 0.0347. The molecule has 0 bridgehead atoms. The van der Waals surface area contributed by atoms with Crippen molar-refractivity contribution < 1.29 is 63.0 Å². The molecule has 9 N–H and O–H groups in total. The Morgan fingerprint density at radius 3 is 1.16 bits per heavy atom. The van der Waals surface area contributed by atoms with Crippen LogP contribution in [0.15, 0.2) is 0 Å². The number of nitrogens with one attached hydrogen (secondary N) is 7. The highest BCUT2D eigenvalue weighted by Gasteiger charge is 2.36. The lowest BCUT2D eigenvalue weighted by Gasteiger charge is -2.32. The summed E-state index contributed by atoms with van der Waals surface area (Å²) in [6.07, 6.45) is 1.22. The highest BCUT2D eigenvalue weighted by atomic mass is 16.4. The van der Waals surface area contributed by atoms with Gasteiger partial charge in [0.05, 0.1) is 63.4 Å². The van der Waals surface area contributed by atoms with Crippen LogP contribution >= 0.6 is 0 Å². The van der Waals surface area contributed by atoms with Gasteiger partial charge in [0.1, 0.15) is 13.1 Å². The summed E-state index contributed by atoms with van der Waals surface area (Å²) in [6.45, 7) is 3.55. The molecule has 0 radical (unpaired) electrons. The highest BCUT2D eigenvalue weighted by Crippen LogP contribution is 2.16. The van der Waals surface area contributed by atoms with E-state index in [4.69, 9.17) is 0 Å². The van der Waals surface area contributed by atoms with Gasteiger partial charge in [0.25, 0.3) is 0 Å². The van der Waals surface area contributed by atoms with E-state index < -0.39 is 128 Å². The van der Waals surface area contributed by atoms with Gasteiger partial charge in [-0.3, -0.25) is 63.4 Å². The summed E-state index contributed by atoms with van der Waals surface area (Å²) in [5.74, 6) is -8.99. The van der Waals surface area contributed by atoms with E-state index in [-0.39, 0.29) is 25.9 Å². The lowest BCUT2D eigenvalue weighted by molar-refractivity contribution is -0.146. The molecule has 316 valence electrons. The Morgan fingerprint density at radius 2 is 0.821 bits per heavy atom. The summed E-state index contributed by atoms with van der Waals surface area (Å²) >= 11 is 0. The normalized spacial score (nSPS) is 12.8. The minimum atomic E-state index is -1.47. The number of amides is 7. The van der Waals surface area contributed by atoms with E-state index >= 15 is 0 Å². The third kappa shape index (κ3) is 20.2. The van der Waals surface area contributed by atoms with Crippen molar-refractivity contribution in [1.82, 2.24) is 47.0 Å². The number of carboxylic acid groups (broad SMARTS) is 2. The monoisotopic (exact) mass is 799 g/mol. The van der Waals surface area contributed by atoms with Crippen molar-refractivity contribution in [3.8, 4) is 0 Å². The first-order chi connectivity index (χ1) is 26.1. The van der Waals surface area contributed by atoms with Gasteiger partial charge in [-0.25, -0.2) is 0 Å². The van der Waals surface area contributed by atoms with Crippen LogP contribution in [0.25, 0.3) is 0 Å². The Bertz CT molecular complexity index is 1460. The zero-order chi connectivity index (χ0) is 43.1. The lowest BCUT2D eigenvalue weighted by atomic mass is 9.90. The molecule has 2 atom stereocenters. The fourth-order valence-corrected chi connectivity index (χ4v) is 5.09. The van der Waals surface area contributed by atoms with Crippen molar-refractivity contribution in [2.75, 3.05) is 72.0 Å². The molecule has 0 aromatic carbocycles. The number of carboxylic acids is 2. The van der Waals surface area contributed by atoms with E-state index in [1.54, 1.807) is 20.8 Å². The number of ketones is 2. The van der Waals surface area contributed by atoms with Crippen molar-refractivity contribution in [2.24, 2.45) is 0 Å². The highest BCUT2D eigenvalue weighted by molar-refractivity contribution is 5.97. The van der Waals surface area contributed by atoms with Crippen molar-refractivity contribution in [2.45, 2.75) is 78.3 Å². The molecule has 0 rings (SSSR count). The maximum Gasteiger partial charge on any atom is 0.323 e. The third-order valence-electron chi connectivity index (χ3n) is 8.23. The van der Waals surface area contributed by atoms with Crippen LogP contribution in [0.4, 0.5) is 0 Å². The first-order valence-electron chi connectivity index (χ1n) is 18.0. The second kappa shape index (κ2) is 25.5. The van der Waals surface area contributed by atoms with Crippen LogP contribution in [0.1, 0.15) is 67.2 Å². The van der Waals surface area contributed by atoms with Crippen molar-refractivity contribution in [3.05, 3.63) is 0 Å². The molecule has 22 nitrogen and oxygen atoms in total. The molecule has 2 unspecified atom stereocenters. The van der Waals surface area contributed by atoms with Crippen LogP contribution in [-0.2, 0) is 52.7 Å². The van der Waals surface area contributed by atoms with Crippen LogP contribution in [0.5, 0.6) is 0 Å². The third-order valence-corrected chi connectivity index (χ3v) is 8.23. The van der Waals surface area contributed by atoms with E-state index in [0.717, 1.165) is 4.90 Å². The Labute approximate surface area is 325 Å². The molecule has 0 fully saturated rings. The first-order valence-corrected chi connectivity index (χ1v) is 18.0. The van der Waals surface area contributed by atoms with Crippen LogP contribution in [0.2, 0.25) is 0 Å². The van der Waals surface area contributed by atoms with Crippen LogP contribution < -0.4 is 37.2 Å². The number of hydrogen-bond donors (Lipinski definition) is 9. The van der Waals surface area contributed by atoms with Gasteiger partial charge in [0.2, 0.25) is 41.4 Å². The van der Waals surface area contributed by atoms with E-state index in [9.17, 15) is 63.0 Å². The Morgan fingerprint density at radius 1 is 0.482 bits per heavy atom. The average Bonchev–Trinajstić information content (AvgIpc) is 3.11. The number of likely N-dealkylation sites (N-methyl/N-ethyl adjacent to an activating group) is 1. The summed E-state index contributed by atoms with van der Waals surface area (Å²) < 4.78 is 0. The molecular weight excluding hydrogens is 742 g/mol. The summed E-state index contributed by atoms with van der Waals surface area (Å²) in [5, 5.41) is 36.1. The summed E-state index contributed by atoms with van der Waals surface area (Å²) in [6, 6.07) is 0. The SMILES string of the molecule is CCCC(C)(NCC(=O)NCC(=O)NCC)C(=O)CN(CC(=O)O)C(=O)CNC(=O)CNC(C)(CCC)C(=O)CN(CC(=O)O)C(=O)CNC(=O)CNC(C)=O. The maximum atomic E-state index is 13.4. The molecule has 56 heavy (non-hydrogen) atoms. The molecular formula is C34H57N9O13. The van der Waals surface area contributed by atoms with E-state index in [1.807, 2.05) is 0 Å². The van der Waals surface area contributed by atoms with E-state index in [0.29, 0.717) is 24.3 Å². The number of hydrogen-bond acceptors (Lipinski definition) is 13. The number of rotatable bonds is 29. The fourth-order valence-electron chi connectivity index (χ4n) is 5.09. The van der Waals surface area contributed by atoms with Gasteiger partial charge in [-0.1, -0.05) is 26.7 Å². The maximum absolute atomic E-state index is 13.4. The zero-order valence-electron chi connectivity index (χ0n) is 32.9. The van der Waals surface area contributed by atoms with E-state index in [1.165, 1.54) is 20.8 Å². The van der Waals surface area contributed by atoms with Crippen molar-refractivity contribution >= 4 is 64.9 Å². The predicted molar refractivity (Wildman–Crippen MR) is 197 cm³/mol. The second-order valence-corrected chi connectivity index (χ2v) is 13.2. The van der Waals surface area contributed by atoms with Crippen molar-refractivity contribution in [1.29, 1.82) is 0 Å². The van der Waals surface area contributed by atoms with Gasteiger partial charge in [0, 0.05) is 13.5 Å². The molecule has 0 aromatic heterocycles. The molecule has 0 spiro atoms. The number of carbonyl (C=O) groups excluding carboxylic acids is 9. The minimum Gasteiger partial charge on any atom is -0.480 e. The summed E-state index contributed by atoms with van der Waals surface area (Å²) in [4.78, 5) is 137. The summed E-state index contributed by atoms with van der Waals surface area (Å²) in [5.41, 5.74) is -2.84. The smallest absolute Gasteiger partial charge is 0.323 e. The molecule has 0 aliphatic carbocycles. The first kappa shape index (κ1) is 50.5. The molecule has 0 aliphatic rings. The van der Waals surface area contributed by atoms with Gasteiger partial charge in [-0.2, -0.15) is 0 Å². The van der Waals surface area contributed by atoms with Gasteiger partial charge >= 0.3 is 11.9 Å². The fraction of sp³-hybridized carbons (Fsp3) is 0.676. The Kier molecular flexibility index (Phi) is 23.0. The minimum absolute atomic E-state index is 0.134. The molecule has 0 heterocycles. The van der Waals surface area contributed by atoms with Crippen LogP contribution in [-0.4, -0.2) is 168 Å². The Hall–Kier alpha value is -5.51. The second-order valence-electron chi connectivity index (χ2n) is 13.2. The van der Waals surface area contributed by atoms with Gasteiger partial charge < -0.3 is 46.6 Å².